The molecule has 2 fully saturated rings. The van der Waals surface area contributed by atoms with Crippen LogP contribution in [0.25, 0.3) is 21.9 Å². The summed E-state index contributed by atoms with van der Waals surface area (Å²) in [6, 6.07) is 12.0. The summed E-state index contributed by atoms with van der Waals surface area (Å²) in [6.07, 6.45) is 2.85. The molecule has 5 rings (SSSR count). The quantitative estimate of drug-likeness (QED) is 0.484. The summed E-state index contributed by atoms with van der Waals surface area (Å²) in [6.45, 7) is 8.03. The van der Waals surface area contributed by atoms with Crippen molar-refractivity contribution in [3.8, 4) is 17.1 Å². The number of halogens is 1. The molecule has 1 saturated carbocycles. The van der Waals surface area contributed by atoms with Crippen LogP contribution in [-0.4, -0.2) is 50.6 Å². The molecule has 184 valence electrons. The number of aliphatic carboxylic acids is 1. The van der Waals surface area contributed by atoms with Crippen LogP contribution >= 0.6 is 0 Å². The number of nitrogens with two attached hydrogens (primary N) is 1. The van der Waals surface area contributed by atoms with Crippen LogP contribution in [0.5, 0.6) is 0 Å². The maximum atomic E-state index is 14.6. The summed E-state index contributed by atoms with van der Waals surface area (Å²) >= 11 is 0. The first-order chi connectivity index (χ1) is 17.4. The molecular weight excluding hydrogens is 461 g/mol. The molecule has 2 aromatic carbocycles. The highest BCUT2D eigenvalue weighted by Gasteiger charge is 2.31. The van der Waals surface area contributed by atoms with Gasteiger partial charge < -0.3 is 15.7 Å². The maximum absolute atomic E-state index is 14.6. The van der Waals surface area contributed by atoms with Gasteiger partial charge >= 0.3 is 5.97 Å². The number of carboxylic acids is 1. The third-order valence-corrected chi connectivity index (χ3v) is 6.79. The van der Waals surface area contributed by atoms with Gasteiger partial charge in [0.25, 0.3) is 5.91 Å². The van der Waals surface area contributed by atoms with Gasteiger partial charge in [-0.15, -0.1) is 0 Å². The molecule has 0 spiro atoms. The molecule has 8 nitrogen and oxygen atoms in total. The SMILES string of the molecule is [C-]#[N+]c1ccc(-c2nc(C(=O)N3CC[C@@H](N)C3)c(CCC(=O)O)n2-c2ccc(C3CC3)cc2)cc1F. The summed E-state index contributed by atoms with van der Waals surface area (Å²) in [7, 11) is 0. The lowest BCUT2D eigenvalue weighted by Gasteiger charge is -2.16. The molecule has 0 bridgehead atoms. The van der Waals surface area contributed by atoms with Gasteiger partial charge in [0.2, 0.25) is 5.69 Å². The van der Waals surface area contributed by atoms with E-state index in [1.165, 1.54) is 17.7 Å². The molecule has 2 heterocycles. The van der Waals surface area contributed by atoms with E-state index in [0.29, 0.717) is 48.2 Å². The Balaban J connectivity index is 1.68. The zero-order chi connectivity index (χ0) is 25.4. The smallest absolute Gasteiger partial charge is 0.303 e. The third-order valence-electron chi connectivity index (χ3n) is 6.79. The number of imidazole rings is 1. The Labute approximate surface area is 208 Å². The van der Waals surface area contributed by atoms with Crippen LogP contribution in [0.15, 0.2) is 42.5 Å². The number of hydrogen-bond acceptors (Lipinski definition) is 4. The molecule has 1 saturated heterocycles. The Morgan fingerprint density at radius 1 is 1.17 bits per heavy atom. The lowest BCUT2D eigenvalue weighted by atomic mass is 10.1. The minimum atomic E-state index is -0.998. The number of rotatable bonds is 7. The predicted octanol–water partition coefficient (Wildman–Crippen LogP) is 4.30. The van der Waals surface area contributed by atoms with Crippen LogP contribution in [0.1, 0.15) is 53.3 Å². The van der Waals surface area contributed by atoms with Gasteiger partial charge in [-0.2, -0.15) is 0 Å². The second-order valence-corrected chi connectivity index (χ2v) is 9.40. The fourth-order valence-electron chi connectivity index (χ4n) is 4.72. The summed E-state index contributed by atoms with van der Waals surface area (Å²) < 4.78 is 16.4. The molecule has 1 aliphatic heterocycles. The summed E-state index contributed by atoms with van der Waals surface area (Å²) in [5.41, 5.74) is 8.81. The molecule has 36 heavy (non-hydrogen) atoms. The van der Waals surface area contributed by atoms with Crippen LogP contribution in [0, 0.1) is 12.4 Å². The van der Waals surface area contributed by atoms with E-state index < -0.39 is 11.8 Å². The number of carbonyl (C=O) groups excluding carboxylic acids is 1. The van der Waals surface area contributed by atoms with Gasteiger partial charge in [0.1, 0.15) is 11.6 Å². The first kappa shape index (κ1) is 23.7. The number of nitrogens with zero attached hydrogens (tertiary/aromatic N) is 4. The third kappa shape index (κ3) is 4.60. The second kappa shape index (κ2) is 9.55. The van der Waals surface area contributed by atoms with Gasteiger partial charge in [0.05, 0.1) is 18.7 Å². The van der Waals surface area contributed by atoms with Gasteiger partial charge in [-0.05, 0) is 48.9 Å². The number of aromatic nitrogens is 2. The van der Waals surface area contributed by atoms with Crippen LogP contribution in [0.3, 0.4) is 0 Å². The number of amides is 1. The fourth-order valence-corrected chi connectivity index (χ4v) is 4.72. The van der Waals surface area contributed by atoms with Crippen molar-refractivity contribution >= 4 is 17.6 Å². The molecule has 1 aromatic heterocycles. The standard InChI is InChI=1S/C27H26FN5O3/c1-30-22-9-6-18(14-21(22)28)26-31-25(27(36)32-13-12-19(29)15-32)23(10-11-24(34)35)33(26)20-7-4-17(5-8-20)16-2-3-16/h4-9,14,16,19H,2-3,10-13,15,29H2,(H,34,35)/t19-/m1/s1. The van der Waals surface area contributed by atoms with E-state index in [1.807, 2.05) is 24.3 Å². The molecule has 3 N–H and O–H groups in total. The van der Waals surface area contributed by atoms with Crippen molar-refractivity contribution < 1.29 is 19.1 Å². The van der Waals surface area contributed by atoms with Crippen molar-refractivity contribution in [3.05, 3.63) is 76.7 Å². The van der Waals surface area contributed by atoms with Gasteiger partial charge in [-0.1, -0.05) is 24.3 Å². The second-order valence-electron chi connectivity index (χ2n) is 9.40. The number of hydrogen-bond donors (Lipinski definition) is 2. The Hall–Kier alpha value is -4.03. The molecule has 2 aliphatic rings. The van der Waals surface area contributed by atoms with Crippen molar-refractivity contribution in [3.63, 3.8) is 0 Å². The fraction of sp³-hybridized carbons (Fsp3) is 0.333. The first-order valence-corrected chi connectivity index (χ1v) is 12.0. The number of carbonyl (C=O) groups is 2. The van der Waals surface area contributed by atoms with Gasteiger partial charge in [0.15, 0.2) is 5.69 Å². The van der Waals surface area contributed by atoms with Crippen LogP contribution in [-0.2, 0) is 11.2 Å². The van der Waals surface area contributed by atoms with E-state index >= 15 is 0 Å². The molecule has 3 aromatic rings. The van der Waals surface area contributed by atoms with Crippen molar-refractivity contribution in [2.75, 3.05) is 13.1 Å². The molecule has 0 unspecified atom stereocenters. The summed E-state index contributed by atoms with van der Waals surface area (Å²) in [5, 5.41) is 9.42. The van der Waals surface area contributed by atoms with Crippen LogP contribution < -0.4 is 5.73 Å². The van der Waals surface area contributed by atoms with E-state index in [-0.39, 0.29) is 36.2 Å². The van der Waals surface area contributed by atoms with Gasteiger partial charge in [-0.25, -0.2) is 14.2 Å². The number of carboxylic acid groups (broad SMARTS) is 1. The largest absolute Gasteiger partial charge is 0.481 e. The highest BCUT2D eigenvalue weighted by atomic mass is 19.1. The predicted molar refractivity (Wildman–Crippen MR) is 132 cm³/mol. The molecular formula is C27H26FN5O3. The summed E-state index contributed by atoms with van der Waals surface area (Å²) in [5.74, 6) is -1.14. The van der Waals surface area contributed by atoms with Crippen molar-refractivity contribution in [1.29, 1.82) is 0 Å². The highest BCUT2D eigenvalue weighted by Crippen LogP contribution is 2.40. The maximum Gasteiger partial charge on any atom is 0.303 e. The van der Waals surface area contributed by atoms with Crippen LogP contribution in [0.4, 0.5) is 10.1 Å². The lowest BCUT2D eigenvalue weighted by Crippen LogP contribution is -2.32. The Kier molecular flexibility index (Phi) is 6.29. The normalized spacial score (nSPS) is 17.2. The lowest BCUT2D eigenvalue weighted by molar-refractivity contribution is -0.137. The molecule has 1 atom stereocenters. The Morgan fingerprint density at radius 3 is 2.50 bits per heavy atom. The van der Waals surface area contributed by atoms with E-state index in [4.69, 9.17) is 12.3 Å². The van der Waals surface area contributed by atoms with E-state index in [0.717, 1.165) is 12.8 Å². The Morgan fingerprint density at radius 2 is 1.92 bits per heavy atom. The zero-order valence-electron chi connectivity index (χ0n) is 19.7. The number of benzene rings is 2. The zero-order valence-corrected chi connectivity index (χ0v) is 19.7. The molecule has 1 aliphatic carbocycles. The topological polar surface area (TPSA) is 106 Å². The molecule has 0 radical (unpaired) electrons. The van der Waals surface area contributed by atoms with Crippen molar-refractivity contribution in [2.45, 2.75) is 44.1 Å². The molecule has 1 amide bonds. The van der Waals surface area contributed by atoms with Crippen molar-refractivity contribution in [2.24, 2.45) is 5.73 Å². The summed E-state index contributed by atoms with van der Waals surface area (Å²) in [4.78, 5) is 34.5. The first-order valence-electron chi connectivity index (χ1n) is 12.0. The van der Waals surface area contributed by atoms with E-state index in [9.17, 15) is 19.1 Å². The van der Waals surface area contributed by atoms with E-state index in [1.54, 1.807) is 15.5 Å². The average molecular weight is 488 g/mol. The highest BCUT2D eigenvalue weighted by molar-refractivity contribution is 5.95. The molecule has 9 heteroatoms. The average Bonchev–Trinajstić information content (AvgIpc) is 3.52. The van der Waals surface area contributed by atoms with Gasteiger partial charge in [-0.3, -0.25) is 14.2 Å². The minimum absolute atomic E-state index is 0.0658. The number of likely N-dealkylation sites (tertiary alicyclic amines) is 1. The van der Waals surface area contributed by atoms with Crippen molar-refractivity contribution in [1.82, 2.24) is 14.5 Å². The minimum Gasteiger partial charge on any atom is -0.481 e. The Bertz CT molecular complexity index is 1370. The van der Waals surface area contributed by atoms with Crippen LogP contribution in [0.2, 0.25) is 0 Å². The monoisotopic (exact) mass is 487 g/mol. The van der Waals surface area contributed by atoms with Gasteiger partial charge in [0, 0.05) is 36.8 Å². The van der Waals surface area contributed by atoms with E-state index in [2.05, 4.69) is 9.83 Å².